The minimum absolute atomic E-state index is 0.140. The summed E-state index contributed by atoms with van der Waals surface area (Å²) in [5, 5.41) is 0. The van der Waals surface area contributed by atoms with Gasteiger partial charge in [-0.15, -0.1) is 0 Å². The minimum atomic E-state index is -0.140. The highest BCUT2D eigenvalue weighted by molar-refractivity contribution is 6.21. The summed E-state index contributed by atoms with van der Waals surface area (Å²) >= 11 is 0. The first kappa shape index (κ1) is 20.3. The molecule has 5 nitrogen and oxygen atoms in total. The second-order valence-electron chi connectivity index (χ2n) is 8.93. The molecule has 0 N–H and O–H groups in total. The second-order valence-corrected chi connectivity index (χ2v) is 8.93. The largest absolute Gasteiger partial charge is 0.496 e. The first-order chi connectivity index (χ1) is 15.2. The third kappa shape index (κ3) is 3.55. The van der Waals surface area contributed by atoms with Gasteiger partial charge in [-0.2, -0.15) is 0 Å². The number of nitrogens with zero attached hydrogens (tertiary/aromatic N) is 2. The molecule has 2 amide bonds. The number of ether oxygens (including phenoxy) is 1. The van der Waals surface area contributed by atoms with E-state index >= 15 is 0 Å². The van der Waals surface area contributed by atoms with Crippen molar-refractivity contribution in [2.45, 2.75) is 50.5 Å². The number of unbranched alkanes of at least 4 members (excludes halogenated alkanes) is 2. The van der Waals surface area contributed by atoms with Crippen LogP contribution >= 0.6 is 0 Å². The second kappa shape index (κ2) is 8.46. The molecule has 31 heavy (non-hydrogen) atoms. The molecular formula is C26H30N2O3. The molecule has 5 rings (SSSR count). The quantitative estimate of drug-likeness (QED) is 0.498. The SMILES string of the molecule is COc1cccc2c1CC[C@H]1[C@@H]2CCN1CCCCCN1C(=O)c2ccccc2C1=O. The summed E-state index contributed by atoms with van der Waals surface area (Å²) in [6.45, 7) is 2.78. The normalized spacial score (nSPS) is 22.4. The fourth-order valence-corrected chi connectivity index (χ4v) is 5.83. The van der Waals surface area contributed by atoms with Gasteiger partial charge in [-0.05, 0) is 74.5 Å². The number of likely N-dealkylation sites (tertiary alicyclic amines) is 1. The van der Waals surface area contributed by atoms with E-state index in [4.69, 9.17) is 4.74 Å². The maximum Gasteiger partial charge on any atom is 0.261 e. The molecule has 1 fully saturated rings. The molecule has 3 aliphatic rings. The van der Waals surface area contributed by atoms with E-state index in [0.717, 1.165) is 44.5 Å². The van der Waals surface area contributed by atoms with E-state index in [1.54, 1.807) is 19.2 Å². The first-order valence-electron chi connectivity index (χ1n) is 11.5. The van der Waals surface area contributed by atoms with Crippen molar-refractivity contribution in [3.63, 3.8) is 0 Å². The van der Waals surface area contributed by atoms with Crippen LogP contribution < -0.4 is 4.74 Å². The van der Waals surface area contributed by atoms with E-state index in [0.29, 0.717) is 29.6 Å². The number of fused-ring (bicyclic) bond motifs is 4. The van der Waals surface area contributed by atoms with Crippen molar-refractivity contribution in [2.75, 3.05) is 26.7 Å². The van der Waals surface area contributed by atoms with E-state index < -0.39 is 0 Å². The van der Waals surface area contributed by atoms with Crippen molar-refractivity contribution >= 4 is 11.8 Å². The molecule has 0 radical (unpaired) electrons. The van der Waals surface area contributed by atoms with E-state index in [1.165, 1.54) is 28.9 Å². The molecule has 0 spiro atoms. The number of hydrogen-bond donors (Lipinski definition) is 0. The van der Waals surface area contributed by atoms with Gasteiger partial charge < -0.3 is 4.74 Å². The summed E-state index contributed by atoms with van der Waals surface area (Å²) in [4.78, 5) is 29.0. The zero-order chi connectivity index (χ0) is 21.4. The number of benzene rings is 2. The molecule has 5 heteroatoms. The number of imide groups is 1. The Labute approximate surface area is 184 Å². The number of amides is 2. The average molecular weight is 419 g/mol. The maximum atomic E-state index is 12.5. The first-order valence-corrected chi connectivity index (χ1v) is 11.5. The molecule has 2 atom stereocenters. The van der Waals surface area contributed by atoms with Crippen LogP contribution in [-0.4, -0.2) is 54.4 Å². The highest BCUT2D eigenvalue weighted by atomic mass is 16.5. The molecule has 2 aromatic rings. The summed E-state index contributed by atoms with van der Waals surface area (Å²) in [5.74, 6) is 1.39. The minimum Gasteiger partial charge on any atom is -0.496 e. The lowest BCUT2D eigenvalue weighted by molar-refractivity contribution is 0.0651. The lowest BCUT2D eigenvalue weighted by atomic mass is 9.79. The Morgan fingerprint density at radius 1 is 0.903 bits per heavy atom. The molecule has 2 aliphatic heterocycles. The van der Waals surface area contributed by atoms with Gasteiger partial charge in [-0.1, -0.05) is 30.7 Å². The van der Waals surface area contributed by atoms with Crippen molar-refractivity contribution in [2.24, 2.45) is 0 Å². The highest BCUT2D eigenvalue weighted by Gasteiger charge is 2.39. The average Bonchev–Trinajstić information content (AvgIpc) is 3.33. The molecule has 2 heterocycles. The van der Waals surface area contributed by atoms with Crippen molar-refractivity contribution in [3.05, 3.63) is 64.7 Å². The Morgan fingerprint density at radius 2 is 1.65 bits per heavy atom. The molecule has 0 saturated carbocycles. The van der Waals surface area contributed by atoms with E-state index in [9.17, 15) is 9.59 Å². The Hall–Kier alpha value is -2.66. The molecule has 1 saturated heterocycles. The Balaban J connectivity index is 1.11. The monoisotopic (exact) mass is 418 g/mol. The van der Waals surface area contributed by atoms with Gasteiger partial charge in [0, 0.05) is 18.5 Å². The highest BCUT2D eigenvalue weighted by Crippen LogP contribution is 2.44. The molecule has 2 aromatic carbocycles. The van der Waals surface area contributed by atoms with Gasteiger partial charge in [-0.3, -0.25) is 19.4 Å². The van der Waals surface area contributed by atoms with E-state index in [1.807, 2.05) is 12.1 Å². The fraction of sp³-hybridized carbons (Fsp3) is 0.462. The van der Waals surface area contributed by atoms with Crippen LogP contribution in [0, 0.1) is 0 Å². The lowest BCUT2D eigenvalue weighted by Crippen LogP contribution is -2.36. The summed E-state index contributed by atoms with van der Waals surface area (Å²) in [6.07, 6.45) is 6.53. The summed E-state index contributed by atoms with van der Waals surface area (Å²) < 4.78 is 5.59. The van der Waals surface area contributed by atoms with Gasteiger partial charge in [0.2, 0.25) is 0 Å². The molecule has 0 aromatic heterocycles. The van der Waals surface area contributed by atoms with Gasteiger partial charge >= 0.3 is 0 Å². The van der Waals surface area contributed by atoms with E-state index in [-0.39, 0.29) is 11.8 Å². The Kier molecular flexibility index (Phi) is 5.53. The number of hydrogen-bond acceptors (Lipinski definition) is 4. The summed E-state index contributed by atoms with van der Waals surface area (Å²) in [6, 6.07) is 14.3. The van der Waals surface area contributed by atoms with Gasteiger partial charge in [0.15, 0.2) is 0 Å². The van der Waals surface area contributed by atoms with Crippen LogP contribution in [0.25, 0.3) is 0 Å². The van der Waals surface area contributed by atoms with Crippen molar-refractivity contribution in [3.8, 4) is 5.75 Å². The van der Waals surface area contributed by atoms with Gasteiger partial charge in [0.1, 0.15) is 5.75 Å². The van der Waals surface area contributed by atoms with Gasteiger partial charge in [0.25, 0.3) is 11.8 Å². The summed E-state index contributed by atoms with van der Waals surface area (Å²) in [5.41, 5.74) is 3.99. The smallest absolute Gasteiger partial charge is 0.261 e. The van der Waals surface area contributed by atoms with Crippen molar-refractivity contribution in [1.29, 1.82) is 0 Å². The number of carbonyl (C=O) groups excluding carboxylic acids is 2. The van der Waals surface area contributed by atoms with Crippen LogP contribution in [0.5, 0.6) is 5.75 Å². The molecule has 1 aliphatic carbocycles. The Bertz CT molecular complexity index is 967. The third-order valence-electron chi connectivity index (χ3n) is 7.34. The predicted octanol–water partition coefficient (Wildman–Crippen LogP) is 4.27. The lowest BCUT2D eigenvalue weighted by Gasteiger charge is -2.34. The Morgan fingerprint density at radius 3 is 2.39 bits per heavy atom. The zero-order valence-electron chi connectivity index (χ0n) is 18.2. The van der Waals surface area contributed by atoms with E-state index in [2.05, 4.69) is 23.1 Å². The van der Waals surface area contributed by atoms with Crippen LogP contribution in [0.3, 0.4) is 0 Å². The number of carbonyl (C=O) groups is 2. The molecule has 162 valence electrons. The van der Waals surface area contributed by atoms with Gasteiger partial charge in [-0.25, -0.2) is 0 Å². The molecular weight excluding hydrogens is 388 g/mol. The topological polar surface area (TPSA) is 49.9 Å². The van der Waals surface area contributed by atoms with Crippen LogP contribution in [-0.2, 0) is 6.42 Å². The van der Waals surface area contributed by atoms with Crippen LogP contribution in [0.1, 0.15) is 69.9 Å². The van der Waals surface area contributed by atoms with Crippen LogP contribution in [0.15, 0.2) is 42.5 Å². The summed E-state index contributed by atoms with van der Waals surface area (Å²) in [7, 11) is 1.77. The number of methoxy groups -OCH3 is 1. The third-order valence-corrected chi connectivity index (χ3v) is 7.34. The fourth-order valence-electron chi connectivity index (χ4n) is 5.83. The number of rotatable bonds is 7. The standard InChI is InChI=1S/C26H30N2O3/c1-31-24-11-7-10-18-19-14-17-27(23(19)13-12-20(18)24)15-5-2-6-16-28-25(29)21-8-3-4-9-22(21)26(28)30/h3-4,7-11,19,23H,2,5-6,12-17H2,1H3/t19-,23+/m1/s1. The predicted molar refractivity (Wildman–Crippen MR) is 120 cm³/mol. The van der Waals surface area contributed by atoms with Crippen LogP contribution in [0.2, 0.25) is 0 Å². The van der Waals surface area contributed by atoms with Crippen LogP contribution in [0.4, 0.5) is 0 Å². The molecule has 0 unspecified atom stereocenters. The zero-order valence-corrected chi connectivity index (χ0v) is 18.2. The van der Waals surface area contributed by atoms with Crippen molar-refractivity contribution in [1.82, 2.24) is 9.80 Å². The van der Waals surface area contributed by atoms with Gasteiger partial charge in [0.05, 0.1) is 18.2 Å². The van der Waals surface area contributed by atoms with Crippen molar-refractivity contribution < 1.29 is 14.3 Å². The molecule has 0 bridgehead atoms. The maximum absolute atomic E-state index is 12.5.